The van der Waals surface area contributed by atoms with E-state index in [-0.39, 0.29) is 23.8 Å². The van der Waals surface area contributed by atoms with E-state index in [4.69, 9.17) is 4.74 Å². The molecule has 31 heavy (non-hydrogen) atoms. The number of aryl methyl sites for hydroxylation is 1. The number of fused-ring (bicyclic) bond motifs is 3. The molecule has 2 aromatic carbocycles. The fraction of sp³-hybridized carbons (Fsp3) is 0.292. The Bertz CT molecular complexity index is 1260. The van der Waals surface area contributed by atoms with Crippen molar-refractivity contribution in [2.75, 3.05) is 23.9 Å². The third kappa shape index (κ3) is 3.46. The van der Waals surface area contributed by atoms with E-state index >= 15 is 0 Å². The van der Waals surface area contributed by atoms with Gasteiger partial charge < -0.3 is 19.9 Å². The molecule has 3 aromatic rings. The molecule has 1 unspecified atom stereocenters. The molecule has 0 radical (unpaired) electrons. The highest BCUT2D eigenvalue weighted by Gasteiger charge is 2.35. The molecule has 1 saturated heterocycles. The summed E-state index contributed by atoms with van der Waals surface area (Å²) in [5.74, 6) is -0.0864. The molecule has 2 aliphatic rings. The summed E-state index contributed by atoms with van der Waals surface area (Å²) in [6, 6.07) is 12.9. The average Bonchev–Trinajstić information content (AvgIpc) is 3.41. The van der Waals surface area contributed by atoms with E-state index in [1.54, 1.807) is 24.1 Å². The van der Waals surface area contributed by atoms with E-state index in [2.05, 4.69) is 10.3 Å². The Labute approximate surface area is 179 Å². The van der Waals surface area contributed by atoms with Gasteiger partial charge in [-0.2, -0.15) is 0 Å². The highest BCUT2D eigenvalue weighted by Crippen LogP contribution is 2.30. The van der Waals surface area contributed by atoms with Crippen LogP contribution in [0.4, 0.5) is 11.4 Å². The number of carbonyl (C=O) groups is 2. The quantitative estimate of drug-likeness (QED) is 0.683. The van der Waals surface area contributed by atoms with Crippen LogP contribution in [0, 0.1) is 5.92 Å². The number of amides is 2. The number of ether oxygens (including phenoxy) is 1. The zero-order valence-electron chi connectivity index (χ0n) is 17.2. The van der Waals surface area contributed by atoms with Crippen LogP contribution in [0.3, 0.4) is 0 Å². The summed E-state index contributed by atoms with van der Waals surface area (Å²) in [6.07, 6.45) is 2.88. The molecule has 5 rings (SSSR count). The Morgan fingerprint density at radius 1 is 1.13 bits per heavy atom. The van der Waals surface area contributed by atoms with E-state index in [9.17, 15) is 14.4 Å². The average molecular weight is 417 g/mol. The molecular weight excluding hydrogens is 394 g/mol. The fourth-order valence-electron chi connectivity index (χ4n) is 4.63. The second-order valence-electron chi connectivity index (χ2n) is 8.12. The molecule has 2 N–H and O–H groups in total. The van der Waals surface area contributed by atoms with Crippen molar-refractivity contribution in [2.24, 2.45) is 5.92 Å². The largest absolute Gasteiger partial charge is 0.497 e. The van der Waals surface area contributed by atoms with Crippen molar-refractivity contribution in [3.05, 3.63) is 63.9 Å². The van der Waals surface area contributed by atoms with Crippen molar-refractivity contribution in [2.45, 2.75) is 25.7 Å². The molecule has 0 saturated carbocycles. The zero-order chi connectivity index (χ0) is 21.5. The van der Waals surface area contributed by atoms with Gasteiger partial charge in [0, 0.05) is 41.4 Å². The number of hydrogen-bond donors (Lipinski definition) is 2. The minimum atomic E-state index is -0.450. The van der Waals surface area contributed by atoms with Gasteiger partial charge in [-0.05, 0) is 49.1 Å². The summed E-state index contributed by atoms with van der Waals surface area (Å²) in [4.78, 5) is 42.3. The maximum atomic E-state index is 12.9. The first kappa shape index (κ1) is 19.4. The lowest BCUT2D eigenvalue weighted by molar-refractivity contribution is -0.122. The number of rotatable bonds is 4. The minimum absolute atomic E-state index is 0.0428. The molecule has 7 heteroatoms. The van der Waals surface area contributed by atoms with Gasteiger partial charge in [0.25, 0.3) is 5.56 Å². The third-order valence-corrected chi connectivity index (χ3v) is 6.21. The maximum absolute atomic E-state index is 12.9. The van der Waals surface area contributed by atoms with E-state index in [1.807, 2.05) is 30.3 Å². The van der Waals surface area contributed by atoms with Gasteiger partial charge >= 0.3 is 0 Å². The second-order valence-corrected chi connectivity index (χ2v) is 8.12. The second kappa shape index (κ2) is 7.58. The van der Waals surface area contributed by atoms with E-state index in [1.165, 1.54) is 0 Å². The summed E-state index contributed by atoms with van der Waals surface area (Å²) < 4.78 is 5.23. The van der Waals surface area contributed by atoms with Gasteiger partial charge in [0.1, 0.15) is 5.75 Å². The minimum Gasteiger partial charge on any atom is -0.497 e. The number of hydrogen-bond acceptors (Lipinski definition) is 4. The smallest absolute Gasteiger partial charge is 0.251 e. The number of carbonyl (C=O) groups excluding carboxylic acids is 2. The molecule has 2 heterocycles. The van der Waals surface area contributed by atoms with Crippen LogP contribution in [0.15, 0.2) is 47.3 Å². The van der Waals surface area contributed by atoms with Crippen molar-refractivity contribution in [1.29, 1.82) is 0 Å². The van der Waals surface area contributed by atoms with Gasteiger partial charge in [-0.15, -0.1) is 0 Å². The number of methoxy groups -OCH3 is 1. The number of H-pyrrole nitrogens is 1. The van der Waals surface area contributed by atoms with Gasteiger partial charge in [-0.25, -0.2) is 0 Å². The number of nitrogens with zero attached hydrogens (tertiary/aromatic N) is 1. The van der Waals surface area contributed by atoms with Crippen molar-refractivity contribution < 1.29 is 14.3 Å². The molecule has 1 aliphatic heterocycles. The monoisotopic (exact) mass is 417 g/mol. The van der Waals surface area contributed by atoms with Gasteiger partial charge in [-0.3, -0.25) is 14.4 Å². The molecule has 158 valence electrons. The summed E-state index contributed by atoms with van der Waals surface area (Å²) in [5.41, 5.74) is 4.01. The SMILES string of the molecule is COc1cccc(N2CC(C(=O)Nc3ccc4c5c(c(=O)[nH]c4c3)CCC5)CC2=O)c1. The van der Waals surface area contributed by atoms with E-state index in [0.29, 0.717) is 18.0 Å². The van der Waals surface area contributed by atoms with Crippen LogP contribution in [0.5, 0.6) is 5.75 Å². The van der Waals surface area contributed by atoms with Gasteiger partial charge in [-0.1, -0.05) is 12.1 Å². The van der Waals surface area contributed by atoms with Crippen LogP contribution < -0.4 is 20.5 Å². The Balaban J connectivity index is 1.34. The number of aromatic amines is 1. The highest BCUT2D eigenvalue weighted by molar-refractivity contribution is 6.04. The Morgan fingerprint density at radius 3 is 2.81 bits per heavy atom. The van der Waals surface area contributed by atoms with E-state index < -0.39 is 5.92 Å². The van der Waals surface area contributed by atoms with Crippen LogP contribution >= 0.6 is 0 Å². The first-order chi connectivity index (χ1) is 15.0. The van der Waals surface area contributed by atoms with Crippen molar-refractivity contribution >= 4 is 34.1 Å². The molecule has 1 fully saturated rings. The molecule has 2 amide bonds. The molecule has 7 nitrogen and oxygen atoms in total. The summed E-state index contributed by atoms with van der Waals surface area (Å²) in [7, 11) is 1.58. The van der Waals surface area contributed by atoms with Crippen LogP contribution in [-0.2, 0) is 22.4 Å². The third-order valence-electron chi connectivity index (χ3n) is 6.21. The van der Waals surface area contributed by atoms with Crippen LogP contribution in [0.25, 0.3) is 10.9 Å². The number of anilines is 2. The number of benzene rings is 2. The molecule has 1 aliphatic carbocycles. The number of aromatic nitrogens is 1. The standard InChI is InChI=1S/C24H23N3O4/c1-31-17-5-2-4-16(12-17)27-13-14(10-22(27)28)23(29)25-15-8-9-19-18-6-3-7-20(18)24(30)26-21(19)11-15/h2,4-5,8-9,11-12,14H,3,6-7,10,13H2,1H3,(H,25,29)(H,26,30). The highest BCUT2D eigenvalue weighted by atomic mass is 16.5. The Kier molecular flexibility index (Phi) is 4.73. The predicted octanol–water partition coefficient (Wildman–Crippen LogP) is 3.02. The molecule has 1 aromatic heterocycles. The van der Waals surface area contributed by atoms with Gasteiger partial charge in [0.15, 0.2) is 0 Å². The van der Waals surface area contributed by atoms with Gasteiger partial charge in [0.05, 0.1) is 18.5 Å². The van der Waals surface area contributed by atoms with Crippen molar-refractivity contribution in [3.63, 3.8) is 0 Å². The first-order valence-corrected chi connectivity index (χ1v) is 10.5. The first-order valence-electron chi connectivity index (χ1n) is 10.5. The van der Waals surface area contributed by atoms with Crippen LogP contribution in [0.1, 0.15) is 24.0 Å². The summed E-state index contributed by atoms with van der Waals surface area (Å²) >= 11 is 0. The zero-order valence-corrected chi connectivity index (χ0v) is 17.2. The Morgan fingerprint density at radius 2 is 1.97 bits per heavy atom. The Hall–Kier alpha value is -3.61. The van der Waals surface area contributed by atoms with Crippen molar-refractivity contribution in [1.82, 2.24) is 4.98 Å². The van der Waals surface area contributed by atoms with Crippen LogP contribution in [0.2, 0.25) is 0 Å². The van der Waals surface area contributed by atoms with Crippen LogP contribution in [-0.4, -0.2) is 30.5 Å². The number of nitrogens with one attached hydrogen (secondary N) is 2. The molecule has 1 atom stereocenters. The summed E-state index contributed by atoms with van der Waals surface area (Å²) in [5, 5.41) is 3.95. The lowest BCUT2D eigenvalue weighted by Gasteiger charge is -2.17. The fourth-order valence-corrected chi connectivity index (χ4v) is 4.63. The topological polar surface area (TPSA) is 91.5 Å². The molecule has 0 bridgehead atoms. The number of pyridine rings is 1. The molecular formula is C24H23N3O4. The lowest BCUT2D eigenvalue weighted by atomic mass is 10.0. The lowest BCUT2D eigenvalue weighted by Crippen LogP contribution is -2.28. The van der Waals surface area contributed by atoms with Gasteiger partial charge in [0.2, 0.25) is 11.8 Å². The normalized spacial score (nSPS) is 17.8. The predicted molar refractivity (Wildman–Crippen MR) is 119 cm³/mol. The summed E-state index contributed by atoms with van der Waals surface area (Å²) in [6.45, 7) is 0.315. The maximum Gasteiger partial charge on any atom is 0.251 e. The molecule has 0 spiro atoms. The van der Waals surface area contributed by atoms with E-state index in [0.717, 1.165) is 47.0 Å². The van der Waals surface area contributed by atoms with Crippen molar-refractivity contribution in [3.8, 4) is 5.75 Å².